The summed E-state index contributed by atoms with van der Waals surface area (Å²) in [7, 11) is 0. The molecule has 16 heavy (non-hydrogen) atoms. The molecule has 1 aromatic carbocycles. The molecule has 0 unspecified atom stereocenters. The third-order valence-corrected chi connectivity index (χ3v) is 2.49. The average Bonchev–Trinajstić information content (AvgIpc) is 3.11. The van der Waals surface area contributed by atoms with Gasteiger partial charge in [-0.3, -0.25) is 0 Å². The molecule has 0 aliphatic heterocycles. The zero-order valence-electron chi connectivity index (χ0n) is 9.28. The standard InChI is InChI=1S/C14H16O2/c15-9-2-1-4-12-5-3-6-14(10-12)16-11-13-7-8-13/h3,5-6,10,13,15H,2,7-9,11H2. The van der Waals surface area contributed by atoms with E-state index in [2.05, 4.69) is 11.8 Å². The molecule has 1 aliphatic carbocycles. The molecule has 2 rings (SSSR count). The van der Waals surface area contributed by atoms with Crippen molar-refractivity contribution < 1.29 is 9.84 Å². The Morgan fingerprint density at radius 2 is 2.25 bits per heavy atom. The van der Waals surface area contributed by atoms with Crippen molar-refractivity contribution in [3.05, 3.63) is 29.8 Å². The van der Waals surface area contributed by atoms with Crippen LogP contribution >= 0.6 is 0 Å². The Labute approximate surface area is 96.3 Å². The van der Waals surface area contributed by atoms with E-state index in [9.17, 15) is 0 Å². The Hall–Kier alpha value is -1.46. The second-order valence-electron chi connectivity index (χ2n) is 4.06. The minimum absolute atomic E-state index is 0.116. The lowest BCUT2D eigenvalue weighted by Gasteiger charge is -2.04. The predicted octanol–water partition coefficient (Wildman–Crippen LogP) is 2.21. The van der Waals surface area contributed by atoms with E-state index in [0.717, 1.165) is 23.8 Å². The molecule has 0 spiro atoms. The maximum absolute atomic E-state index is 8.62. The van der Waals surface area contributed by atoms with Gasteiger partial charge < -0.3 is 9.84 Å². The van der Waals surface area contributed by atoms with Crippen molar-refractivity contribution in [2.45, 2.75) is 19.3 Å². The maximum Gasteiger partial charge on any atom is 0.120 e. The van der Waals surface area contributed by atoms with E-state index < -0.39 is 0 Å². The topological polar surface area (TPSA) is 29.5 Å². The molecule has 2 heteroatoms. The van der Waals surface area contributed by atoms with Gasteiger partial charge in [0.15, 0.2) is 0 Å². The van der Waals surface area contributed by atoms with Gasteiger partial charge >= 0.3 is 0 Å². The number of aliphatic hydroxyl groups is 1. The molecule has 0 radical (unpaired) electrons. The summed E-state index contributed by atoms with van der Waals surface area (Å²) in [4.78, 5) is 0. The summed E-state index contributed by atoms with van der Waals surface area (Å²) >= 11 is 0. The Morgan fingerprint density at radius 1 is 1.38 bits per heavy atom. The van der Waals surface area contributed by atoms with Crippen LogP contribution in [0.1, 0.15) is 24.8 Å². The molecule has 84 valence electrons. The highest BCUT2D eigenvalue weighted by Crippen LogP contribution is 2.29. The predicted molar refractivity (Wildman–Crippen MR) is 63.2 cm³/mol. The normalized spacial score (nSPS) is 14.1. The molecule has 0 atom stereocenters. The summed E-state index contributed by atoms with van der Waals surface area (Å²) in [5.74, 6) is 7.56. The van der Waals surface area contributed by atoms with Crippen molar-refractivity contribution in [1.29, 1.82) is 0 Å². The van der Waals surface area contributed by atoms with Crippen molar-refractivity contribution in [3.8, 4) is 17.6 Å². The zero-order chi connectivity index (χ0) is 11.2. The van der Waals surface area contributed by atoms with Gasteiger partial charge in [-0.2, -0.15) is 0 Å². The van der Waals surface area contributed by atoms with E-state index in [0.29, 0.717) is 6.42 Å². The first-order valence-electron chi connectivity index (χ1n) is 5.71. The Bertz CT molecular complexity index is 397. The van der Waals surface area contributed by atoms with Gasteiger partial charge in [0.1, 0.15) is 5.75 Å². The van der Waals surface area contributed by atoms with E-state index in [-0.39, 0.29) is 6.61 Å². The van der Waals surface area contributed by atoms with E-state index in [1.165, 1.54) is 12.8 Å². The molecular weight excluding hydrogens is 200 g/mol. The van der Waals surface area contributed by atoms with Crippen LogP contribution in [0.3, 0.4) is 0 Å². The molecule has 0 heterocycles. The summed E-state index contributed by atoms with van der Waals surface area (Å²) in [6, 6.07) is 7.81. The first kappa shape index (κ1) is 11.0. The minimum Gasteiger partial charge on any atom is -0.493 e. The fourth-order valence-corrected chi connectivity index (χ4v) is 1.38. The van der Waals surface area contributed by atoms with Crippen LogP contribution in [0.4, 0.5) is 0 Å². The zero-order valence-corrected chi connectivity index (χ0v) is 9.28. The third kappa shape index (κ3) is 3.60. The fraction of sp³-hybridized carbons (Fsp3) is 0.429. The second-order valence-corrected chi connectivity index (χ2v) is 4.06. The van der Waals surface area contributed by atoms with Gasteiger partial charge in [0.2, 0.25) is 0 Å². The molecule has 1 aromatic rings. The highest BCUT2D eigenvalue weighted by Gasteiger charge is 2.21. The van der Waals surface area contributed by atoms with Crippen LogP contribution in [-0.2, 0) is 0 Å². The number of rotatable bonds is 4. The number of hydrogen-bond acceptors (Lipinski definition) is 2. The van der Waals surface area contributed by atoms with Crippen LogP contribution in [-0.4, -0.2) is 18.3 Å². The molecule has 1 fully saturated rings. The van der Waals surface area contributed by atoms with Crippen LogP contribution in [0.25, 0.3) is 0 Å². The number of ether oxygens (including phenoxy) is 1. The van der Waals surface area contributed by atoms with Gasteiger partial charge in [-0.25, -0.2) is 0 Å². The lowest BCUT2D eigenvalue weighted by molar-refractivity contribution is 0.299. The Morgan fingerprint density at radius 3 is 3.00 bits per heavy atom. The van der Waals surface area contributed by atoms with Crippen molar-refractivity contribution in [1.82, 2.24) is 0 Å². The van der Waals surface area contributed by atoms with Gasteiger partial charge in [-0.15, -0.1) is 0 Å². The highest BCUT2D eigenvalue weighted by atomic mass is 16.5. The summed E-state index contributed by atoms with van der Waals surface area (Å²) in [6.45, 7) is 0.943. The van der Waals surface area contributed by atoms with Gasteiger partial charge in [0, 0.05) is 12.0 Å². The van der Waals surface area contributed by atoms with Crippen LogP contribution in [0.15, 0.2) is 24.3 Å². The number of benzene rings is 1. The van der Waals surface area contributed by atoms with Crippen molar-refractivity contribution in [2.75, 3.05) is 13.2 Å². The van der Waals surface area contributed by atoms with Crippen LogP contribution in [0.2, 0.25) is 0 Å². The summed E-state index contributed by atoms with van der Waals surface area (Å²) in [5.41, 5.74) is 0.946. The molecule has 1 aliphatic rings. The molecule has 0 saturated heterocycles. The molecule has 0 bridgehead atoms. The average molecular weight is 216 g/mol. The van der Waals surface area contributed by atoms with Gasteiger partial charge in [0.05, 0.1) is 13.2 Å². The number of hydrogen-bond donors (Lipinski definition) is 1. The lowest BCUT2D eigenvalue weighted by Crippen LogP contribution is -1.98. The van der Waals surface area contributed by atoms with E-state index in [4.69, 9.17) is 9.84 Å². The van der Waals surface area contributed by atoms with Crippen LogP contribution in [0.5, 0.6) is 5.75 Å². The highest BCUT2D eigenvalue weighted by molar-refractivity contribution is 5.39. The van der Waals surface area contributed by atoms with Crippen molar-refractivity contribution >= 4 is 0 Å². The van der Waals surface area contributed by atoms with Crippen molar-refractivity contribution in [2.24, 2.45) is 5.92 Å². The first-order chi connectivity index (χ1) is 7.88. The van der Waals surface area contributed by atoms with E-state index in [1.54, 1.807) is 0 Å². The Kier molecular flexibility index (Phi) is 3.85. The van der Waals surface area contributed by atoms with E-state index in [1.807, 2.05) is 24.3 Å². The quantitative estimate of drug-likeness (QED) is 0.782. The minimum atomic E-state index is 0.116. The SMILES string of the molecule is OCCC#Cc1cccc(OCC2CC2)c1. The summed E-state index contributed by atoms with van der Waals surface area (Å²) < 4.78 is 5.66. The van der Waals surface area contributed by atoms with Crippen LogP contribution < -0.4 is 4.74 Å². The lowest BCUT2D eigenvalue weighted by atomic mass is 10.2. The monoisotopic (exact) mass is 216 g/mol. The Balaban J connectivity index is 1.92. The van der Waals surface area contributed by atoms with Crippen molar-refractivity contribution in [3.63, 3.8) is 0 Å². The first-order valence-corrected chi connectivity index (χ1v) is 5.71. The summed E-state index contributed by atoms with van der Waals surface area (Å²) in [5, 5.41) is 8.62. The van der Waals surface area contributed by atoms with Gasteiger partial charge in [0.25, 0.3) is 0 Å². The van der Waals surface area contributed by atoms with Gasteiger partial charge in [-0.05, 0) is 37.0 Å². The molecule has 0 amide bonds. The molecule has 1 N–H and O–H groups in total. The third-order valence-electron chi connectivity index (χ3n) is 2.49. The maximum atomic E-state index is 8.62. The second kappa shape index (κ2) is 5.58. The smallest absolute Gasteiger partial charge is 0.120 e. The fourth-order valence-electron chi connectivity index (χ4n) is 1.38. The van der Waals surface area contributed by atoms with Crippen LogP contribution in [0, 0.1) is 17.8 Å². The molecule has 1 saturated carbocycles. The molecular formula is C14H16O2. The summed E-state index contributed by atoms with van der Waals surface area (Å²) in [6.07, 6.45) is 3.12. The number of aliphatic hydroxyl groups excluding tert-OH is 1. The molecule has 0 aromatic heterocycles. The van der Waals surface area contributed by atoms with E-state index >= 15 is 0 Å². The molecule has 2 nitrogen and oxygen atoms in total. The van der Waals surface area contributed by atoms with Gasteiger partial charge in [-0.1, -0.05) is 17.9 Å². The largest absolute Gasteiger partial charge is 0.493 e.